The van der Waals surface area contributed by atoms with Crippen LogP contribution in [0.1, 0.15) is 43.8 Å². The van der Waals surface area contributed by atoms with Gasteiger partial charge in [0, 0.05) is 38.1 Å². The van der Waals surface area contributed by atoms with Gasteiger partial charge in [-0.05, 0) is 70.7 Å². The summed E-state index contributed by atoms with van der Waals surface area (Å²) >= 11 is 0. The van der Waals surface area contributed by atoms with Crippen molar-refractivity contribution in [2.45, 2.75) is 52.5 Å². The molecule has 2 aliphatic rings. The Hall–Kier alpha value is -2.10. The van der Waals surface area contributed by atoms with Crippen molar-refractivity contribution in [3.8, 4) is 0 Å². The molecule has 25 heavy (non-hydrogen) atoms. The number of aromatic nitrogens is 2. The molecule has 0 spiro atoms. The van der Waals surface area contributed by atoms with Crippen LogP contribution in [0.25, 0.3) is 0 Å². The van der Waals surface area contributed by atoms with Crippen LogP contribution in [0.15, 0.2) is 30.5 Å². The van der Waals surface area contributed by atoms with E-state index < -0.39 is 0 Å². The Balaban J connectivity index is 0.000000150. The van der Waals surface area contributed by atoms with Crippen molar-refractivity contribution in [1.29, 1.82) is 0 Å². The van der Waals surface area contributed by atoms with E-state index in [1.54, 1.807) is 0 Å². The first-order valence-electron chi connectivity index (χ1n) is 9.44. The van der Waals surface area contributed by atoms with E-state index in [1.165, 1.54) is 48.7 Å². The molecular weight excluding hydrogens is 308 g/mol. The van der Waals surface area contributed by atoms with Gasteiger partial charge < -0.3 is 9.80 Å². The maximum absolute atomic E-state index is 4.60. The second kappa shape index (κ2) is 7.85. The average Bonchev–Trinajstić information content (AvgIpc) is 2.62. The van der Waals surface area contributed by atoms with Crippen LogP contribution >= 0.6 is 0 Å². The first-order chi connectivity index (χ1) is 12.1. The summed E-state index contributed by atoms with van der Waals surface area (Å²) in [6.45, 7) is 8.90. The first-order valence-corrected chi connectivity index (χ1v) is 9.44. The zero-order valence-electron chi connectivity index (χ0n) is 16.0. The second-order valence-corrected chi connectivity index (χ2v) is 7.30. The fraction of sp³-hybridized carbons (Fsp3) is 0.524. The highest BCUT2D eigenvalue weighted by molar-refractivity contribution is 5.53. The second-order valence-electron chi connectivity index (χ2n) is 7.30. The fourth-order valence-corrected chi connectivity index (χ4v) is 3.70. The lowest BCUT2D eigenvalue weighted by atomic mass is 10.1. The molecule has 0 aromatic carbocycles. The summed E-state index contributed by atoms with van der Waals surface area (Å²) in [5, 5.41) is 0. The minimum atomic E-state index is 0.582. The van der Waals surface area contributed by atoms with Crippen LogP contribution in [0.3, 0.4) is 0 Å². The highest BCUT2D eigenvalue weighted by Gasteiger charge is 2.19. The van der Waals surface area contributed by atoms with Gasteiger partial charge in [-0.25, -0.2) is 0 Å². The summed E-state index contributed by atoms with van der Waals surface area (Å²) < 4.78 is 0. The average molecular weight is 338 g/mol. The Labute approximate surface area is 151 Å². The summed E-state index contributed by atoms with van der Waals surface area (Å²) in [4.78, 5) is 13.7. The van der Waals surface area contributed by atoms with Gasteiger partial charge in [-0.2, -0.15) is 0 Å². The molecule has 0 unspecified atom stereocenters. The van der Waals surface area contributed by atoms with Gasteiger partial charge in [0.25, 0.3) is 0 Å². The standard InChI is InChI=1S/C12H18N2.C9H12N2/c1-9(2)14-8-4-5-11-12(14)7-6-10(3)13-11;1-11-7-3-4-8-9(11)5-2-6-10-8/h6-7,9H,4-5,8H2,1-3H3;2,5-6H,3-4,7H2,1H3. The van der Waals surface area contributed by atoms with Gasteiger partial charge in [0.2, 0.25) is 0 Å². The van der Waals surface area contributed by atoms with Gasteiger partial charge >= 0.3 is 0 Å². The summed E-state index contributed by atoms with van der Waals surface area (Å²) in [7, 11) is 2.12. The Morgan fingerprint density at radius 3 is 2.48 bits per heavy atom. The first kappa shape index (κ1) is 17.7. The summed E-state index contributed by atoms with van der Waals surface area (Å²) in [5.74, 6) is 0. The molecule has 0 amide bonds. The highest BCUT2D eigenvalue weighted by Crippen LogP contribution is 2.27. The van der Waals surface area contributed by atoms with E-state index in [4.69, 9.17) is 0 Å². The summed E-state index contributed by atoms with van der Waals surface area (Å²) in [5.41, 5.74) is 6.32. The molecule has 0 atom stereocenters. The number of pyridine rings is 2. The van der Waals surface area contributed by atoms with Crippen LogP contribution in [0, 0.1) is 6.92 Å². The molecule has 0 fully saturated rings. The van der Waals surface area contributed by atoms with Gasteiger partial charge in [-0.3, -0.25) is 9.97 Å². The Kier molecular flexibility index (Phi) is 5.57. The SMILES string of the molecule is CN1CCCc2ncccc21.Cc1ccc2c(n1)CCCN2C(C)C. The van der Waals surface area contributed by atoms with E-state index in [9.17, 15) is 0 Å². The normalized spacial score (nSPS) is 16.0. The number of anilines is 2. The van der Waals surface area contributed by atoms with Crippen molar-refractivity contribution in [3.05, 3.63) is 47.5 Å². The minimum Gasteiger partial charge on any atom is -0.373 e. The molecule has 0 radical (unpaired) electrons. The molecule has 2 aromatic heterocycles. The molecule has 2 aromatic rings. The number of aryl methyl sites for hydroxylation is 3. The molecule has 4 rings (SSSR count). The molecule has 4 nitrogen and oxygen atoms in total. The highest BCUT2D eigenvalue weighted by atomic mass is 15.2. The molecule has 134 valence electrons. The molecule has 0 aliphatic carbocycles. The molecule has 4 heterocycles. The number of rotatable bonds is 1. The van der Waals surface area contributed by atoms with Gasteiger partial charge in [-0.1, -0.05) is 0 Å². The van der Waals surface area contributed by atoms with Gasteiger partial charge in [0.05, 0.1) is 22.8 Å². The van der Waals surface area contributed by atoms with Crippen molar-refractivity contribution in [1.82, 2.24) is 9.97 Å². The molecule has 0 saturated carbocycles. The quantitative estimate of drug-likeness (QED) is 0.786. The van der Waals surface area contributed by atoms with E-state index in [2.05, 4.69) is 65.8 Å². The Morgan fingerprint density at radius 2 is 1.72 bits per heavy atom. The van der Waals surface area contributed by atoms with Crippen molar-refractivity contribution in [3.63, 3.8) is 0 Å². The predicted molar refractivity (Wildman–Crippen MR) is 106 cm³/mol. The molecular formula is C21H30N4. The number of fused-ring (bicyclic) bond motifs is 2. The van der Waals surface area contributed by atoms with Crippen LogP contribution in [-0.2, 0) is 12.8 Å². The summed E-state index contributed by atoms with van der Waals surface area (Å²) in [6.07, 6.45) is 6.63. The van der Waals surface area contributed by atoms with Gasteiger partial charge in [0.1, 0.15) is 0 Å². The lowest BCUT2D eigenvalue weighted by Crippen LogP contribution is -2.35. The summed E-state index contributed by atoms with van der Waals surface area (Å²) in [6, 6.07) is 9.05. The third-order valence-electron chi connectivity index (χ3n) is 5.02. The van der Waals surface area contributed by atoms with Gasteiger partial charge in [-0.15, -0.1) is 0 Å². The largest absolute Gasteiger partial charge is 0.373 e. The predicted octanol–water partition coefficient (Wildman–Crippen LogP) is 4.02. The Morgan fingerprint density at radius 1 is 0.960 bits per heavy atom. The van der Waals surface area contributed by atoms with Gasteiger partial charge in [0.15, 0.2) is 0 Å². The van der Waals surface area contributed by atoms with Crippen molar-refractivity contribution < 1.29 is 0 Å². The number of nitrogens with zero attached hydrogens (tertiary/aromatic N) is 4. The molecule has 0 bridgehead atoms. The van der Waals surface area contributed by atoms with E-state index in [1.807, 2.05) is 12.3 Å². The number of hydrogen-bond acceptors (Lipinski definition) is 4. The zero-order chi connectivity index (χ0) is 17.8. The number of hydrogen-bond donors (Lipinski definition) is 0. The maximum Gasteiger partial charge on any atom is 0.0640 e. The van der Waals surface area contributed by atoms with Crippen LogP contribution in [-0.4, -0.2) is 36.1 Å². The van der Waals surface area contributed by atoms with E-state index in [-0.39, 0.29) is 0 Å². The van der Waals surface area contributed by atoms with Crippen LogP contribution in [0.2, 0.25) is 0 Å². The van der Waals surface area contributed by atoms with E-state index in [0.717, 1.165) is 18.5 Å². The van der Waals surface area contributed by atoms with Crippen molar-refractivity contribution >= 4 is 11.4 Å². The maximum atomic E-state index is 4.60. The van der Waals surface area contributed by atoms with Crippen LogP contribution < -0.4 is 9.80 Å². The monoisotopic (exact) mass is 338 g/mol. The zero-order valence-corrected chi connectivity index (χ0v) is 16.0. The third kappa shape index (κ3) is 4.12. The molecule has 2 aliphatic heterocycles. The fourth-order valence-electron chi connectivity index (χ4n) is 3.70. The van der Waals surface area contributed by atoms with Crippen LogP contribution in [0.5, 0.6) is 0 Å². The van der Waals surface area contributed by atoms with Crippen molar-refractivity contribution in [2.24, 2.45) is 0 Å². The Bertz CT molecular complexity index is 711. The lowest BCUT2D eigenvalue weighted by Gasteiger charge is -2.34. The topological polar surface area (TPSA) is 32.3 Å². The van der Waals surface area contributed by atoms with E-state index >= 15 is 0 Å². The third-order valence-corrected chi connectivity index (χ3v) is 5.02. The van der Waals surface area contributed by atoms with Crippen LogP contribution in [0.4, 0.5) is 11.4 Å². The van der Waals surface area contributed by atoms with E-state index in [0.29, 0.717) is 6.04 Å². The van der Waals surface area contributed by atoms with Crippen molar-refractivity contribution in [2.75, 3.05) is 29.9 Å². The molecule has 4 heteroatoms. The smallest absolute Gasteiger partial charge is 0.0640 e. The lowest BCUT2D eigenvalue weighted by molar-refractivity contribution is 0.616. The molecule has 0 saturated heterocycles. The minimum absolute atomic E-state index is 0.582. The molecule has 0 N–H and O–H groups in total.